The van der Waals surface area contributed by atoms with Crippen molar-refractivity contribution in [2.45, 2.75) is 12.5 Å². The molecule has 0 saturated heterocycles. The van der Waals surface area contributed by atoms with Gasteiger partial charge in [-0.2, -0.15) is 4.98 Å². The highest BCUT2D eigenvalue weighted by atomic mass is 19.2. The molecule has 0 spiro atoms. The molecule has 9 heteroatoms. The molecule has 3 aromatic rings. The largest absolute Gasteiger partial charge is 0.382 e. The maximum absolute atomic E-state index is 13.8. The van der Waals surface area contributed by atoms with E-state index in [2.05, 4.69) is 15.3 Å². The number of halogens is 4. The third-order valence-electron chi connectivity index (χ3n) is 3.80. The van der Waals surface area contributed by atoms with Crippen molar-refractivity contribution in [2.75, 3.05) is 0 Å². The maximum atomic E-state index is 13.8. The highest BCUT2D eigenvalue weighted by molar-refractivity contribution is 6.01. The number of nitrogens with zero attached hydrogens (tertiary/aromatic N) is 3. The summed E-state index contributed by atoms with van der Waals surface area (Å²) in [5.41, 5.74) is 0.390. The highest BCUT2D eigenvalue weighted by Gasteiger charge is 2.30. The molecule has 0 fully saturated rings. The maximum Gasteiger partial charge on any atom is 0.271 e. The zero-order valence-electron chi connectivity index (χ0n) is 12.9. The first kappa shape index (κ1) is 16.2. The van der Waals surface area contributed by atoms with Crippen LogP contribution < -0.4 is 0 Å². The van der Waals surface area contributed by atoms with Crippen molar-refractivity contribution in [3.05, 3.63) is 71.1 Å². The molecule has 2 heterocycles. The van der Waals surface area contributed by atoms with Gasteiger partial charge in [-0.1, -0.05) is 10.3 Å². The van der Waals surface area contributed by atoms with Crippen LogP contribution in [-0.4, -0.2) is 15.9 Å². The van der Waals surface area contributed by atoms with Gasteiger partial charge in [-0.3, -0.25) is 0 Å². The van der Waals surface area contributed by atoms with Crippen LogP contribution in [0.2, 0.25) is 0 Å². The summed E-state index contributed by atoms with van der Waals surface area (Å²) in [5, 5.41) is 7.44. The van der Waals surface area contributed by atoms with Crippen LogP contribution >= 0.6 is 0 Å². The summed E-state index contributed by atoms with van der Waals surface area (Å²) in [7, 11) is 0. The van der Waals surface area contributed by atoms with Crippen molar-refractivity contribution in [1.82, 2.24) is 10.1 Å². The predicted molar refractivity (Wildman–Crippen MR) is 81.0 cm³/mol. The number of hydrogen-bond donors (Lipinski definition) is 0. The number of oxime groups is 1. The monoisotopic (exact) mass is 363 g/mol. The lowest BCUT2D eigenvalue weighted by molar-refractivity contribution is 0.0599. The Morgan fingerprint density at radius 2 is 1.73 bits per heavy atom. The quantitative estimate of drug-likeness (QED) is 0.656. The van der Waals surface area contributed by atoms with E-state index >= 15 is 0 Å². The van der Waals surface area contributed by atoms with E-state index in [1.54, 1.807) is 0 Å². The molecule has 0 N–H and O–H groups in total. The first-order valence-electron chi connectivity index (χ1n) is 7.48. The van der Waals surface area contributed by atoms with Crippen LogP contribution in [-0.2, 0) is 4.84 Å². The highest BCUT2D eigenvalue weighted by Crippen LogP contribution is 2.31. The molecule has 0 saturated carbocycles. The van der Waals surface area contributed by atoms with Crippen molar-refractivity contribution in [3.8, 4) is 11.4 Å². The smallest absolute Gasteiger partial charge is 0.271 e. The van der Waals surface area contributed by atoms with Crippen molar-refractivity contribution in [1.29, 1.82) is 0 Å². The van der Waals surface area contributed by atoms with Crippen LogP contribution in [0, 0.1) is 23.3 Å². The minimum Gasteiger partial charge on any atom is -0.382 e. The lowest BCUT2D eigenvalue weighted by Gasteiger charge is -2.02. The van der Waals surface area contributed by atoms with Gasteiger partial charge in [0.15, 0.2) is 11.6 Å². The Balaban J connectivity index is 1.55. The molecule has 0 radical (unpaired) electrons. The lowest BCUT2D eigenvalue weighted by atomic mass is 10.0. The van der Waals surface area contributed by atoms with Crippen LogP contribution in [0.15, 0.2) is 46.1 Å². The normalized spacial score (nSPS) is 16.5. The molecule has 1 aliphatic heterocycles. The van der Waals surface area contributed by atoms with Gasteiger partial charge in [0.2, 0.25) is 11.9 Å². The van der Waals surface area contributed by atoms with Gasteiger partial charge < -0.3 is 9.36 Å². The summed E-state index contributed by atoms with van der Waals surface area (Å²) in [6.07, 6.45) is -0.709. The summed E-state index contributed by atoms with van der Waals surface area (Å²) in [5.74, 6) is -3.22. The first-order valence-corrected chi connectivity index (χ1v) is 7.48. The molecule has 1 aromatic heterocycles. The van der Waals surface area contributed by atoms with Gasteiger partial charge in [0.05, 0.1) is 5.71 Å². The molecular weight excluding hydrogens is 354 g/mol. The average molecular weight is 363 g/mol. The van der Waals surface area contributed by atoms with Gasteiger partial charge in [0.25, 0.3) is 5.89 Å². The summed E-state index contributed by atoms with van der Waals surface area (Å²) in [6.45, 7) is 0. The molecular formula is C17H9F4N3O2. The molecule has 1 aliphatic rings. The standard InChI is InChI=1S/C17H9F4N3O2/c18-9-2-4-11(19)10(6-9)14-7-15(25-23-14)17-22-16(24-26-17)8-1-3-12(20)13(21)5-8/h1-6,15H,7H2. The predicted octanol–water partition coefficient (Wildman–Crippen LogP) is 4.16. The van der Waals surface area contributed by atoms with E-state index in [4.69, 9.17) is 9.36 Å². The van der Waals surface area contributed by atoms with Crippen LogP contribution in [0.1, 0.15) is 24.0 Å². The van der Waals surface area contributed by atoms with Crippen molar-refractivity contribution in [2.24, 2.45) is 5.16 Å². The third kappa shape index (κ3) is 2.92. The van der Waals surface area contributed by atoms with Crippen LogP contribution in [0.25, 0.3) is 11.4 Å². The Bertz CT molecular complexity index is 1020. The molecule has 5 nitrogen and oxygen atoms in total. The fraction of sp³-hybridized carbons (Fsp3) is 0.118. The van der Waals surface area contributed by atoms with Crippen LogP contribution in [0.3, 0.4) is 0 Å². The van der Waals surface area contributed by atoms with Gasteiger partial charge in [-0.15, -0.1) is 0 Å². The third-order valence-corrected chi connectivity index (χ3v) is 3.80. The van der Waals surface area contributed by atoms with Crippen LogP contribution in [0.4, 0.5) is 17.6 Å². The molecule has 132 valence electrons. The van der Waals surface area contributed by atoms with E-state index < -0.39 is 29.4 Å². The fourth-order valence-electron chi connectivity index (χ4n) is 2.51. The van der Waals surface area contributed by atoms with E-state index in [1.165, 1.54) is 6.07 Å². The Hall–Kier alpha value is -3.23. The van der Waals surface area contributed by atoms with Gasteiger partial charge in [0, 0.05) is 17.5 Å². The van der Waals surface area contributed by atoms with Crippen LogP contribution in [0.5, 0.6) is 0 Å². The minimum atomic E-state index is -1.04. The number of rotatable bonds is 3. The van der Waals surface area contributed by atoms with Gasteiger partial charge in [-0.25, -0.2) is 17.6 Å². The molecule has 0 aliphatic carbocycles. The lowest BCUT2D eigenvalue weighted by Crippen LogP contribution is -2.04. The number of hydrogen-bond acceptors (Lipinski definition) is 5. The van der Waals surface area contributed by atoms with E-state index in [0.29, 0.717) is 0 Å². The summed E-state index contributed by atoms with van der Waals surface area (Å²) in [4.78, 5) is 9.23. The topological polar surface area (TPSA) is 60.5 Å². The SMILES string of the molecule is Fc1ccc(F)c(C2=NOC(c3nc(-c4ccc(F)c(F)c4)no3)C2)c1. The van der Waals surface area contributed by atoms with E-state index in [-0.39, 0.29) is 35.0 Å². The second kappa shape index (κ2) is 6.25. The zero-order valence-corrected chi connectivity index (χ0v) is 12.9. The average Bonchev–Trinajstić information content (AvgIpc) is 3.28. The van der Waals surface area contributed by atoms with E-state index in [9.17, 15) is 17.6 Å². The zero-order chi connectivity index (χ0) is 18.3. The van der Waals surface area contributed by atoms with Gasteiger partial charge >= 0.3 is 0 Å². The molecule has 0 amide bonds. The summed E-state index contributed by atoms with van der Waals surface area (Å²) < 4.78 is 58.5. The Morgan fingerprint density at radius 3 is 2.54 bits per heavy atom. The Kier molecular flexibility index (Phi) is 3.90. The molecule has 1 atom stereocenters. The molecule has 2 aromatic carbocycles. The van der Waals surface area contributed by atoms with E-state index in [0.717, 1.165) is 30.3 Å². The number of benzene rings is 2. The molecule has 4 rings (SSSR count). The van der Waals surface area contributed by atoms with Gasteiger partial charge in [0.1, 0.15) is 11.6 Å². The first-order chi connectivity index (χ1) is 12.5. The molecule has 1 unspecified atom stereocenters. The van der Waals surface area contributed by atoms with Crippen molar-refractivity contribution < 1.29 is 26.9 Å². The fourth-order valence-corrected chi connectivity index (χ4v) is 2.51. The summed E-state index contributed by atoms with van der Waals surface area (Å²) >= 11 is 0. The molecule has 0 bridgehead atoms. The van der Waals surface area contributed by atoms with Gasteiger partial charge in [-0.05, 0) is 36.4 Å². The van der Waals surface area contributed by atoms with E-state index in [1.807, 2.05) is 0 Å². The van der Waals surface area contributed by atoms with Crippen molar-refractivity contribution >= 4 is 5.71 Å². The number of aromatic nitrogens is 2. The van der Waals surface area contributed by atoms with Crippen molar-refractivity contribution in [3.63, 3.8) is 0 Å². The minimum absolute atomic E-state index is 0.0205. The Labute approximate surface area is 143 Å². The molecule has 26 heavy (non-hydrogen) atoms. The second-order valence-electron chi connectivity index (χ2n) is 5.55. The summed E-state index contributed by atoms with van der Waals surface area (Å²) in [6, 6.07) is 6.18. The second-order valence-corrected chi connectivity index (χ2v) is 5.55. The Morgan fingerprint density at radius 1 is 0.923 bits per heavy atom.